The molecule has 1 aromatic rings. The molecule has 1 aliphatic heterocycles. The van der Waals surface area contributed by atoms with Gasteiger partial charge in [0.1, 0.15) is 5.60 Å². The molecule has 1 saturated carbocycles. The molecule has 142 valence electrons. The van der Waals surface area contributed by atoms with Crippen LogP contribution in [0.2, 0.25) is 5.02 Å². The zero-order chi connectivity index (χ0) is 18.9. The molecule has 1 N–H and O–H groups in total. The van der Waals surface area contributed by atoms with Crippen LogP contribution in [0, 0.1) is 0 Å². The highest BCUT2D eigenvalue weighted by Crippen LogP contribution is 2.48. The summed E-state index contributed by atoms with van der Waals surface area (Å²) in [6.45, 7) is 6.74. The van der Waals surface area contributed by atoms with E-state index in [0.29, 0.717) is 18.1 Å². The molecular weight excluding hydrogens is 352 g/mol. The van der Waals surface area contributed by atoms with E-state index in [2.05, 4.69) is 5.32 Å². The maximum atomic E-state index is 12.9. The summed E-state index contributed by atoms with van der Waals surface area (Å²) in [4.78, 5) is 26.9. The van der Waals surface area contributed by atoms with Crippen LogP contribution in [-0.4, -0.2) is 41.6 Å². The molecule has 1 saturated heterocycles. The Morgan fingerprint density at radius 2 is 1.88 bits per heavy atom. The number of likely N-dealkylation sites (tertiary alicyclic amines) is 1. The zero-order valence-electron chi connectivity index (χ0n) is 15.7. The highest BCUT2D eigenvalue weighted by molar-refractivity contribution is 6.30. The number of nitrogens with one attached hydrogen (secondary N) is 1. The zero-order valence-corrected chi connectivity index (χ0v) is 16.4. The van der Waals surface area contributed by atoms with Crippen molar-refractivity contribution in [3.8, 4) is 0 Å². The van der Waals surface area contributed by atoms with Crippen molar-refractivity contribution in [2.45, 2.75) is 63.5 Å². The number of carbonyl (C=O) groups excluding carboxylic acids is 2. The first-order valence-electron chi connectivity index (χ1n) is 9.25. The Balaban J connectivity index is 1.61. The Labute approximate surface area is 160 Å². The Bertz CT molecular complexity index is 677. The van der Waals surface area contributed by atoms with Gasteiger partial charge in [-0.15, -0.1) is 0 Å². The third kappa shape index (κ3) is 4.32. The summed E-state index contributed by atoms with van der Waals surface area (Å²) in [5, 5.41) is 3.83. The first-order valence-corrected chi connectivity index (χ1v) is 9.62. The van der Waals surface area contributed by atoms with Gasteiger partial charge in [0.25, 0.3) is 0 Å². The highest BCUT2D eigenvalue weighted by atomic mass is 35.5. The second kappa shape index (κ2) is 7.10. The van der Waals surface area contributed by atoms with Crippen LogP contribution < -0.4 is 5.32 Å². The molecular formula is C20H27ClN2O3. The van der Waals surface area contributed by atoms with Gasteiger partial charge in [0.05, 0.1) is 5.41 Å². The molecule has 3 rings (SSSR count). The van der Waals surface area contributed by atoms with Crippen LogP contribution in [0.15, 0.2) is 24.3 Å². The lowest BCUT2D eigenvalue weighted by Crippen LogP contribution is -2.52. The summed E-state index contributed by atoms with van der Waals surface area (Å²) in [7, 11) is 0. The van der Waals surface area contributed by atoms with Gasteiger partial charge < -0.3 is 15.0 Å². The topological polar surface area (TPSA) is 58.6 Å². The molecule has 0 unspecified atom stereocenters. The van der Waals surface area contributed by atoms with E-state index in [-0.39, 0.29) is 18.0 Å². The van der Waals surface area contributed by atoms with Crippen LogP contribution in [-0.2, 0) is 14.9 Å². The molecule has 0 radical (unpaired) electrons. The van der Waals surface area contributed by atoms with Crippen molar-refractivity contribution in [1.82, 2.24) is 10.2 Å². The molecule has 2 amide bonds. The van der Waals surface area contributed by atoms with Crippen LogP contribution in [0.25, 0.3) is 0 Å². The maximum Gasteiger partial charge on any atom is 0.410 e. The van der Waals surface area contributed by atoms with Gasteiger partial charge in [-0.25, -0.2) is 4.79 Å². The summed E-state index contributed by atoms with van der Waals surface area (Å²) < 4.78 is 5.45. The number of hydrogen-bond acceptors (Lipinski definition) is 3. The molecule has 1 heterocycles. The lowest BCUT2D eigenvalue weighted by Gasteiger charge is -2.35. The van der Waals surface area contributed by atoms with Gasteiger partial charge in [-0.1, -0.05) is 23.7 Å². The number of ether oxygens (including phenoxy) is 1. The minimum absolute atomic E-state index is 0.0338. The Kier molecular flexibility index (Phi) is 5.20. The molecule has 0 bridgehead atoms. The fourth-order valence-corrected chi connectivity index (χ4v) is 3.58. The van der Waals surface area contributed by atoms with Crippen molar-refractivity contribution in [2.24, 2.45) is 0 Å². The average molecular weight is 379 g/mol. The predicted octanol–water partition coefficient (Wildman–Crippen LogP) is 3.89. The number of halogens is 1. The fraction of sp³-hybridized carbons (Fsp3) is 0.600. The average Bonchev–Trinajstić information content (AvgIpc) is 3.36. The molecule has 1 aliphatic carbocycles. The SMILES string of the molecule is CC(C)(C)OC(=O)N1CCC[C@@H](NC(=O)C2(c3ccc(Cl)cc3)CC2)C1. The third-order valence-electron chi connectivity index (χ3n) is 4.99. The van der Waals surface area contributed by atoms with Crippen molar-refractivity contribution in [2.75, 3.05) is 13.1 Å². The third-order valence-corrected chi connectivity index (χ3v) is 5.24. The van der Waals surface area contributed by atoms with E-state index in [1.807, 2.05) is 45.0 Å². The van der Waals surface area contributed by atoms with Crippen molar-refractivity contribution < 1.29 is 14.3 Å². The monoisotopic (exact) mass is 378 g/mol. The minimum Gasteiger partial charge on any atom is -0.444 e. The summed E-state index contributed by atoms with van der Waals surface area (Å²) in [6.07, 6.45) is 3.13. The van der Waals surface area contributed by atoms with Gasteiger partial charge in [-0.2, -0.15) is 0 Å². The molecule has 6 heteroatoms. The van der Waals surface area contributed by atoms with Crippen LogP contribution >= 0.6 is 11.6 Å². The lowest BCUT2D eigenvalue weighted by molar-refractivity contribution is -0.124. The first-order chi connectivity index (χ1) is 12.2. The van der Waals surface area contributed by atoms with Crippen LogP contribution in [0.5, 0.6) is 0 Å². The van der Waals surface area contributed by atoms with Crippen molar-refractivity contribution in [1.29, 1.82) is 0 Å². The van der Waals surface area contributed by atoms with E-state index in [1.165, 1.54) is 0 Å². The smallest absolute Gasteiger partial charge is 0.410 e. The minimum atomic E-state index is -0.514. The van der Waals surface area contributed by atoms with Crippen molar-refractivity contribution >= 4 is 23.6 Å². The lowest BCUT2D eigenvalue weighted by atomic mass is 9.94. The Morgan fingerprint density at radius 1 is 1.23 bits per heavy atom. The van der Waals surface area contributed by atoms with Crippen molar-refractivity contribution in [3.63, 3.8) is 0 Å². The van der Waals surface area contributed by atoms with Gasteiger partial charge in [0.15, 0.2) is 0 Å². The van der Waals surface area contributed by atoms with E-state index in [9.17, 15) is 9.59 Å². The molecule has 26 heavy (non-hydrogen) atoms. The standard InChI is InChI=1S/C20H27ClN2O3/c1-19(2,3)26-18(25)23-12-4-5-16(13-23)22-17(24)20(10-11-20)14-6-8-15(21)9-7-14/h6-9,16H,4-5,10-13H2,1-3H3,(H,22,24)/t16-/m1/s1. The van der Waals surface area contributed by atoms with Crippen LogP contribution in [0.4, 0.5) is 4.79 Å². The number of benzene rings is 1. The Hall–Kier alpha value is -1.75. The number of carbonyl (C=O) groups is 2. The maximum absolute atomic E-state index is 12.9. The number of amides is 2. The van der Waals surface area contributed by atoms with E-state index in [1.54, 1.807) is 4.90 Å². The van der Waals surface area contributed by atoms with Gasteiger partial charge in [0, 0.05) is 24.2 Å². The summed E-state index contributed by atoms with van der Waals surface area (Å²) in [5.74, 6) is 0.0517. The molecule has 2 fully saturated rings. The predicted molar refractivity (Wildman–Crippen MR) is 101 cm³/mol. The number of rotatable bonds is 3. The summed E-state index contributed by atoms with van der Waals surface area (Å²) >= 11 is 5.96. The van der Waals surface area contributed by atoms with E-state index < -0.39 is 11.0 Å². The molecule has 1 aromatic carbocycles. The van der Waals surface area contributed by atoms with Gasteiger partial charge in [-0.05, 0) is 64.2 Å². The Morgan fingerprint density at radius 3 is 2.46 bits per heavy atom. The highest BCUT2D eigenvalue weighted by Gasteiger charge is 2.51. The molecule has 5 nitrogen and oxygen atoms in total. The number of piperidine rings is 1. The van der Waals surface area contributed by atoms with Gasteiger partial charge >= 0.3 is 6.09 Å². The van der Waals surface area contributed by atoms with Crippen LogP contribution in [0.3, 0.4) is 0 Å². The largest absolute Gasteiger partial charge is 0.444 e. The van der Waals surface area contributed by atoms with Gasteiger partial charge in [-0.3, -0.25) is 4.79 Å². The molecule has 0 spiro atoms. The van der Waals surface area contributed by atoms with Crippen LogP contribution in [0.1, 0.15) is 52.0 Å². The van der Waals surface area contributed by atoms with E-state index >= 15 is 0 Å². The summed E-state index contributed by atoms with van der Waals surface area (Å²) in [5.41, 5.74) is 0.0674. The first kappa shape index (κ1) is 19.0. The summed E-state index contributed by atoms with van der Waals surface area (Å²) in [6, 6.07) is 7.49. The van der Waals surface area contributed by atoms with Gasteiger partial charge in [0.2, 0.25) is 5.91 Å². The molecule has 0 aromatic heterocycles. The molecule has 1 atom stereocenters. The van der Waals surface area contributed by atoms with E-state index in [0.717, 1.165) is 31.2 Å². The van der Waals surface area contributed by atoms with E-state index in [4.69, 9.17) is 16.3 Å². The quantitative estimate of drug-likeness (QED) is 0.868. The normalized spacial score (nSPS) is 21.8. The number of hydrogen-bond donors (Lipinski definition) is 1. The second-order valence-electron chi connectivity index (χ2n) is 8.33. The fourth-order valence-electron chi connectivity index (χ4n) is 3.45. The van der Waals surface area contributed by atoms with Crippen molar-refractivity contribution in [3.05, 3.63) is 34.9 Å². The number of nitrogens with zero attached hydrogens (tertiary/aromatic N) is 1. The molecule has 2 aliphatic rings. The second-order valence-corrected chi connectivity index (χ2v) is 8.76.